The number of hydrogen-bond donors (Lipinski definition) is 1. The first-order valence-corrected chi connectivity index (χ1v) is 4.53. The van der Waals surface area contributed by atoms with Gasteiger partial charge >= 0.3 is 0 Å². The zero-order chi connectivity index (χ0) is 10.0. The Kier molecular flexibility index (Phi) is 3.28. The maximum absolute atomic E-state index is 12.7. The van der Waals surface area contributed by atoms with Crippen LogP contribution in [-0.4, -0.2) is 11.2 Å². The van der Waals surface area contributed by atoms with E-state index in [-0.39, 0.29) is 11.7 Å². The first kappa shape index (κ1) is 10.5. The molecule has 0 aliphatic carbocycles. The van der Waals surface area contributed by atoms with E-state index in [1.165, 1.54) is 12.1 Å². The van der Waals surface area contributed by atoms with Gasteiger partial charge in [-0.25, -0.2) is 4.39 Å². The molecular formula is C10H12ClFO. The highest BCUT2D eigenvalue weighted by Gasteiger charge is 2.14. The number of rotatable bonds is 2. The topological polar surface area (TPSA) is 20.2 Å². The molecule has 0 heterocycles. The van der Waals surface area contributed by atoms with E-state index in [4.69, 9.17) is 11.6 Å². The molecule has 0 saturated heterocycles. The highest BCUT2D eigenvalue weighted by atomic mass is 35.5. The van der Waals surface area contributed by atoms with Crippen molar-refractivity contribution >= 4 is 11.6 Å². The molecule has 1 N–H and O–H groups in total. The lowest BCUT2D eigenvalue weighted by atomic mass is 9.96. The van der Waals surface area contributed by atoms with Crippen molar-refractivity contribution < 1.29 is 9.50 Å². The maximum atomic E-state index is 12.7. The lowest BCUT2D eigenvalue weighted by Gasteiger charge is -2.16. The van der Waals surface area contributed by atoms with Crippen LogP contribution in [0.5, 0.6) is 0 Å². The van der Waals surface area contributed by atoms with Gasteiger partial charge in [-0.2, -0.15) is 0 Å². The number of aliphatic hydroxyl groups is 1. The molecule has 2 unspecified atom stereocenters. The van der Waals surface area contributed by atoms with Crippen LogP contribution in [0.1, 0.15) is 25.3 Å². The third kappa shape index (κ3) is 2.42. The molecule has 13 heavy (non-hydrogen) atoms. The van der Waals surface area contributed by atoms with E-state index in [1.807, 2.05) is 6.92 Å². The monoisotopic (exact) mass is 202 g/mol. The molecular weight excluding hydrogens is 191 g/mol. The highest BCUT2D eigenvalue weighted by molar-refractivity contribution is 6.31. The summed E-state index contributed by atoms with van der Waals surface area (Å²) in [4.78, 5) is 0. The fourth-order valence-electron chi connectivity index (χ4n) is 1.13. The van der Waals surface area contributed by atoms with Crippen LogP contribution in [-0.2, 0) is 0 Å². The average Bonchev–Trinajstić information content (AvgIpc) is 2.03. The minimum atomic E-state index is -0.483. The molecule has 0 fully saturated rings. The Hall–Kier alpha value is -0.600. The van der Waals surface area contributed by atoms with Crippen LogP contribution >= 0.6 is 11.6 Å². The molecule has 0 aliphatic heterocycles. The van der Waals surface area contributed by atoms with Crippen LogP contribution in [0, 0.1) is 5.82 Å². The van der Waals surface area contributed by atoms with Crippen molar-refractivity contribution in [1.82, 2.24) is 0 Å². The first-order valence-electron chi connectivity index (χ1n) is 4.15. The lowest BCUT2D eigenvalue weighted by Crippen LogP contribution is -2.11. The van der Waals surface area contributed by atoms with Gasteiger partial charge < -0.3 is 5.11 Å². The predicted molar refractivity (Wildman–Crippen MR) is 51.5 cm³/mol. The Bertz CT molecular complexity index is 299. The molecule has 0 spiro atoms. The van der Waals surface area contributed by atoms with Gasteiger partial charge in [-0.1, -0.05) is 24.6 Å². The molecule has 3 heteroatoms. The van der Waals surface area contributed by atoms with Gasteiger partial charge in [0.15, 0.2) is 0 Å². The molecule has 1 rings (SSSR count). The summed E-state index contributed by atoms with van der Waals surface area (Å²) in [7, 11) is 0. The second-order valence-corrected chi connectivity index (χ2v) is 3.60. The molecule has 0 bridgehead atoms. The summed E-state index contributed by atoms with van der Waals surface area (Å²) in [5.74, 6) is -0.431. The fraction of sp³-hybridized carbons (Fsp3) is 0.400. The quantitative estimate of drug-likeness (QED) is 0.782. The van der Waals surface area contributed by atoms with Crippen molar-refractivity contribution in [3.63, 3.8) is 0 Å². The lowest BCUT2D eigenvalue weighted by molar-refractivity contribution is 0.169. The van der Waals surface area contributed by atoms with Gasteiger partial charge in [0.2, 0.25) is 0 Å². The van der Waals surface area contributed by atoms with Gasteiger partial charge in [0.1, 0.15) is 5.82 Å². The molecule has 0 saturated carbocycles. The van der Waals surface area contributed by atoms with E-state index in [9.17, 15) is 9.50 Å². The van der Waals surface area contributed by atoms with E-state index in [0.29, 0.717) is 5.02 Å². The number of aliphatic hydroxyl groups excluding tert-OH is 1. The van der Waals surface area contributed by atoms with Gasteiger partial charge in [-0.05, 0) is 24.6 Å². The summed E-state index contributed by atoms with van der Waals surface area (Å²) in [6.07, 6.45) is -0.483. The highest BCUT2D eigenvalue weighted by Crippen LogP contribution is 2.27. The van der Waals surface area contributed by atoms with E-state index in [1.54, 1.807) is 13.0 Å². The third-order valence-corrected chi connectivity index (χ3v) is 2.50. The summed E-state index contributed by atoms with van der Waals surface area (Å²) in [6.45, 7) is 3.54. The zero-order valence-corrected chi connectivity index (χ0v) is 8.35. The smallest absolute Gasteiger partial charge is 0.124 e. The summed E-state index contributed by atoms with van der Waals surface area (Å²) in [5, 5.41) is 9.68. The van der Waals surface area contributed by atoms with E-state index < -0.39 is 6.10 Å². The fourth-order valence-corrected chi connectivity index (χ4v) is 1.47. The van der Waals surface area contributed by atoms with Crippen LogP contribution in [0.25, 0.3) is 0 Å². The Morgan fingerprint density at radius 1 is 1.38 bits per heavy atom. The van der Waals surface area contributed by atoms with Crippen LogP contribution in [0.4, 0.5) is 4.39 Å². The molecule has 0 amide bonds. The minimum Gasteiger partial charge on any atom is -0.393 e. The Morgan fingerprint density at radius 3 is 2.46 bits per heavy atom. The van der Waals surface area contributed by atoms with Crippen LogP contribution in [0.2, 0.25) is 5.02 Å². The molecule has 1 nitrogen and oxygen atoms in total. The third-order valence-electron chi connectivity index (χ3n) is 2.18. The summed E-state index contributed by atoms with van der Waals surface area (Å²) in [5.41, 5.74) is 0.776. The maximum Gasteiger partial charge on any atom is 0.124 e. The SMILES string of the molecule is CC(O)C(C)c1ccc(F)cc1Cl. The molecule has 0 aromatic heterocycles. The second-order valence-electron chi connectivity index (χ2n) is 3.20. The van der Waals surface area contributed by atoms with Gasteiger partial charge in [0, 0.05) is 10.9 Å². The molecule has 2 atom stereocenters. The standard InChI is InChI=1S/C10H12ClFO/c1-6(7(2)13)9-4-3-8(12)5-10(9)11/h3-7,13H,1-2H3. The molecule has 0 radical (unpaired) electrons. The van der Waals surface area contributed by atoms with Crippen molar-refractivity contribution in [1.29, 1.82) is 0 Å². The number of benzene rings is 1. The summed E-state index contributed by atoms with van der Waals surface area (Å²) in [6, 6.07) is 4.21. The second kappa shape index (κ2) is 4.07. The van der Waals surface area contributed by atoms with Crippen molar-refractivity contribution in [3.05, 3.63) is 34.6 Å². The Labute approximate surface area is 82.2 Å². The van der Waals surface area contributed by atoms with E-state index in [0.717, 1.165) is 5.56 Å². The van der Waals surface area contributed by atoms with Crippen LogP contribution < -0.4 is 0 Å². The number of hydrogen-bond acceptors (Lipinski definition) is 1. The molecule has 0 aliphatic rings. The largest absolute Gasteiger partial charge is 0.393 e. The number of halogens is 2. The normalized spacial score (nSPS) is 15.5. The minimum absolute atomic E-state index is 0.0758. The van der Waals surface area contributed by atoms with Crippen molar-refractivity contribution in [3.8, 4) is 0 Å². The van der Waals surface area contributed by atoms with Crippen molar-refractivity contribution in [2.24, 2.45) is 0 Å². The van der Waals surface area contributed by atoms with E-state index in [2.05, 4.69) is 0 Å². The van der Waals surface area contributed by atoms with Gasteiger partial charge in [-0.3, -0.25) is 0 Å². The van der Waals surface area contributed by atoms with Crippen LogP contribution in [0.3, 0.4) is 0 Å². The summed E-state index contributed by atoms with van der Waals surface area (Å²) < 4.78 is 12.7. The zero-order valence-electron chi connectivity index (χ0n) is 7.59. The van der Waals surface area contributed by atoms with E-state index >= 15 is 0 Å². The van der Waals surface area contributed by atoms with Gasteiger partial charge in [0.05, 0.1) is 6.10 Å². The Balaban J connectivity index is 3.01. The van der Waals surface area contributed by atoms with Crippen molar-refractivity contribution in [2.75, 3.05) is 0 Å². The first-order chi connectivity index (χ1) is 6.02. The molecule has 1 aromatic carbocycles. The Morgan fingerprint density at radius 2 is 2.00 bits per heavy atom. The van der Waals surface area contributed by atoms with Gasteiger partial charge in [0.25, 0.3) is 0 Å². The predicted octanol–water partition coefficient (Wildman–Crippen LogP) is 2.96. The average molecular weight is 203 g/mol. The van der Waals surface area contributed by atoms with Crippen molar-refractivity contribution in [2.45, 2.75) is 25.9 Å². The molecule has 72 valence electrons. The van der Waals surface area contributed by atoms with Crippen LogP contribution in [0.15, 0.2) is 18.2 Å². The summed E-state index contributed by atoms with van der Waals surface area (Å²) >= 11 is 5.82. The van der Waals surface area contributed by atoms with Gasteiger partial charge in [-0.15, -0.1) is 0 Å². The molecule has 1 aromatic rings.